The van der Waals surface area contributed by atoms with Gasteiger partial charge >= 0.3 is 0 Å². The molecule has 2 heterocycles. The van der Waals surface area contributed by atoms with Crippen molar-refractivity contribution in [2.45, 2.75) is 19.5 Å². The highest BCUT2D eigenvalue weighted by molar-refractivity contribution is 6.30. The molecule has 32 heavy (non-hydrogen) atoms. The second-order valence-corrected chi connectivity index (χ2v) is 7.98. The first kappa shape index (κ1) is 23.9. The van der Waals surface area contributed by atoms with Gasteiger partial charge in [-0.3, -0.25) is 9.59 Å². The lowest BCUT2D eigenvalue weighted by Crippen LogP contribution is -2.42. The average Bonchev–Trinajstić information content (AvgIpc) is 2.78. The van der Waals surface area contributed by atoms with Crippen LogP contribution in [0, 0.1) is 0 Å². The summed E-state index contributed by atoms with van der Waals surface area (Å²) in [6, 6.07) is 14.1. The van der Waals surface area contributed by atoms with E-state index in [4.69, 9.17) is 28.0 Å². The van der Waals surface area contributed by atoms with Crippen LogP contribution in [0.15, 0.2) is 53.3 Å². The van der Waals surface area contributed by atoms with Crippen LogP contribution in [-0.2, 0) is 19.5 Å². The fourth-order valence-corrected chi connectivity index (χ4v) is 3.72. The van der Waals surface area contributed by atoms with Crippen LogP contribution in [-0.4, -0.2) is 34.2 Å². The number of carbonyl (C=O) groups excluding carboxylic acids is 1. The smallest absolute Gasteiger partial charge is 0.293 e. The summed E-state index contributed by atoms with van der Waals surface area (Å²) in [5.41, 5.74) is 2.29. The van der Waals surface area contributed by atoms with Crippen molar-refractivity contribution >= 4 is 47.5 Å². The first-order chi connectivity index (χ1) is 15.0. The van der Waals surface area contributed by atoms with Gasteiger partial charge in [0.2, 0.25) is 5.95 Å². The third-order valence-electron chi connectivity index (χ3n) is 5.12. The Bertz CT molecular complexity index is 1160. The van der Waals surface area contributed by atoms with Gasteiger partial charge < -0.3 is 15.1 Å². The molecule has 2 aromatic carbocycles. The zero-order valence-electron chi connectivity index (χ0n) is 17.2. The van der Waals surface area contributed by atoms with E-state index in [1.165, 1.54) is 7.11 Å². The van der Waals surface area contributed by atoms with Crippen LogP contribution in [0.3, 0.4) is 0 Å². The average molecular weight is 496 g/mol. The number of fused-ring (bicyclic) bond motifs is 1. The van der Waals surface area contributed by atoms with Crippen molar-refractivity contribution in [1.82, 2.24) is 14.6 Å². The van der Waals surface area contributed by atoms with Crippen molar-refractivity contribution in [3.8, 4) is 0 Å². The highest BCUT2D eigenvalue weighted by Gasteiger charge is 2.27. The van der Waals surface area contributed by atoms with Crippen LogP contribution in [0.2, 0.25) is 10.0 Å². The number of nitrogens with one attached hydrogen (secondary N) is 1. The Kier molecular flexibility index (Phi) is 7.66. The third-order valence-corrected chi connectivity index (χ3v) is 5.62. The fraction of sp³-hybridized carbons (Fsp3) is 0.227. The van der Waals surface area contributed by atoms with Gasteiger partial charge in [-0.15, -0.1) is 17.1 Å². The number of benzene rings is 2. The lowest BCUT2D eigenvalue weighted by molar-refractivity contribution is 0.0728. The van der Waals surface area contributed by atoms with Gasteiger partial charge in [-0.2, -0.15) is 0 Å². The van der Waals surface area contributed by atoms with Crippen molar-refractivity contribution in [3.05, 3.63) is 91.3 Å². The molecule has 1 aliphatic heterocycles. The number of nitrogens with zero attached hydrogens (tertiary/aromatic N) is 3. The normalized spacial score (nSPS) is 12.5. The molecule has 1 aromatic heterocycles. The maximum absolute atomic E-state index is 13.1. The molecule has 7 nitrogen and oxygen atoms in total. The van der Waals surface area contributed by atoms with Gasteiger partial charge in [0, 0.05) is 35.1 Å². The summed E-state index contributed by atoms with van der Waals surface area (Å²) < 4.78 is 1.12. The van der Waals surface area contributed by atoms with Crippen LogP contribution in [0.1, 0.15) is 27.2 Å². The number of halogens is 3. The lowest BCUT2D eigenvalue weighted by atomic mass is 10.1. The van der Waals surface area contributed by atoms with Crippen molar-refractivity contribution in [1.29, 1.82) is 0 Å². The van der Waals surface area contributed by atoms with Crippen LogP contribution in [0.5, 0.6) is 0 Å². The van der Waals surface area contributed by atoms with Crippen molar-refractivity contribution in [2.24, 2.45) is 0 Å². The summed E-state index contributed by atoms with van der Waals surface area (Å²) in [6.45, 7) is 1.09. The summed E-state index contributed by atoms with van der Waals surface area (Å²) in [6.07, 6.45) is 0.476. The van der Waals surface area contributed by atoms with Gasteiger partial charge in [0.05, 0.1) is 17.8 Å². The van der Waals surface area contributed by atoms with Crippen LogP contribution in [0.25, 0.3) is 0 Å². The molecule has 0 atom stereocenters. The van der Waals surface area contributed by atoms with E-state index >= 15 is 0 Å². The molecule has 168 valence electrons. The Hall–Kier alpha value is -2.74. The minimum atomic E-state index is -0.334. The molecule has 0 aliphatic carbocycles. The molecule has 10 heteroatoms. The number of aromatic nitrogens is 2. The minimum Gasteiger partial charge on any atom is -0.411 e. The number of amides is 1. The molecule has 1 aliphatic rings. The Morgan fingerprint density at radius 1 is 1.09 bits per heavy atom. The second kappa shape index (κ2) is 10.3. The van der Waals surface area contributed by atoms with E-state index in [1.54, 1.807) is 41.3 Å². The summed E-state index contributed by atoms with van der Waals surface area (Å²) in [4.78, 5) is 37.4. The lowest BCUT2D eigenvalue weighted by Gasteiger charge is -2.28. The predicted octanol–water partition coefficient (Wildman–Crippen LogP) is 3.84. The maximum atomic E-state index is 13.1. The molecule has 0 bridgehead atoms. The first-order valence-electron chi connectivity index (χ1n) is 9.68. The highest BCUT2D eigenvalue weighted by atomic mass is 35.5. The molecule has 3 aromatic rings. The standard InChI is InChI=1S/C22H20Cl2N4O3.ClH/c1-31-28-21(30)18-13-27(20(29)15-4-8-17(24)9-5-15)11-10-19(18)26-22(28)25-12-14-2-6-16(23)7-3-14;/h2-9H,10-13H2,1H3,(H,25,26);1H. The summed E-state index contributed by atoms with van der Waals surface area (Å²) >= 11 is 11.8. The van der Waals surface area contributed by atoms with E-state index in [9.17, 15) is 9.59 Å². The Morgan fingerprint density at radius 3 is 2.34 bits per heavy atom. The molecular formula is C22H21Cl3N4O3. The van der Waals surface area contributed by atoms with E-state index in [2.05, 4.69) is 10.3 Å². The molecule has 0 saturated carbocycles. The van der Waals surface area contributed by atoms with Crippen LogP contribution in [0.4, 0.5) is 5.95 Å². The van der Waals surface area contributed by atoms with Gasteiger partial charge in [-0.25, -0.2) is 4.98 Å². The monoisotopic (exact) mass is 494 g/mol. The van der Waals surface area contributed by atoms with Gasteiger partial charge in [0.1, 0.15) is 7.11 Å². The third kappa shape index (κ3) is 5.01. The maximum Gasteiger partial charge on any atom is 0.293 e. The Labute approximate surface area is 201 Å². The van der Waals surface area contributed by atoms with Crippen molar-refractivity contribution in [3.63, 3.8) is 0 Å². The molecule has 1 N–H and O–H groups in total. The molecule has 0 unspecified atom stereocenters. The predicted molar refractivity (Wildman–Crippen MR) is 127 cm³/mol. The van der Waals surface area contributed by atoms with E-state index in [1.807, 2.05) is 12.1 Å². The van der Waals surface area contributed by atoms with E-state index in [0.717, 1.165) is 10.3 Å². The van der Waals surface area contributed by atoms with E-state index < -0.39 is 0 Å². The SMILES string of the molecule is COn1c(NCc2ccc(Cl)cc2)nc2c(c1=O)CN(C(=O)c1ccc(Cl)cc1)CC2.Cl. The first-order valence-corrected chi connectivity index (χ1v) is 10.4. The number of rotatable bonds is 5. The molecule has 0 saturated heterocycles. The topological polar surface area (TPSA) is 76.5 Å². The summed E-state index contributed by atoms with van der Waals surface area (Å²) in [5, 5.41) is 4.36. The molecular weight excluding hydrogens is 475 g/mol. The van der Waals surface area contributed by atoms with Crippen LogP contribution >= 0.6 is 35.6 Å². The molecule has 0 radical (unpaired) electrons. The number of hydrogen-bond acceptors (Lipinski definition) is 5. The number of hydrogen-bond donors (Lipinski definition) is 1. The number of anilines is 1. The van der Waals surface area contributed by atoms with Gasteiger partial charge in [0.15, 0.2) is 0 Å². The number of carbonyl (C=O) groups is 1. The van der Waals surface area contributed by atoms with E-state index in [0.29, 0.717) is 52.3 Å². The highest BCUT2D eigenvalue weighted by Crippen LogP contribution is 2.20. The molecule has 0 fully saturated rings. The van der Waals surface area contributed by atoms with E-state index in [-0.39, 0.29) is 30.4 Å². The molecule has 4 rings (SSSR count). The Balaban J connectivity index is 0.00000289. The second-order valence-electron chi connectivity index (χ2n) is 7.11. The molecule has 1 amide bonds. The fourth-order valence-electron chi connectivity index (χ4n) is 3.47. The van der Waals surface area contributed by atoms with Crippen molar-refractivity contribution < 1.29 is 9.63 Å². The largest absolute Gasteiger partial charge is 0.411 e. The minimum absolute atomic E-state index is 0. The zero-order chi connectivity index (χ0) is 22.0. The van der Waals surface area contributed by atoms with Gasteiger partial charge in [-0.05, 0) is 42.0 Å². The van der Waals surface area contributed by atoms with Crippen LogP contribution < -0.4 is 15.7 Å². The zero-order valence-corrected chi connectivity index (χ0v) is 19.5. The van der Waals surface area contributed by atoms with Crippen molar-refractivity contribution in [2.75, 3.05) is 19.0 Å². The summed E-state index contributed by atoms with van der Waals surface area (Å²) in [7, 11) is 1.41. The quantitative estimate of drug-likeness (QED) is 0.582. The Morgan fingerprint density at radius 2 is 1.72 bits per heavy atom. The molecule has 0 spiro atoms. The van der Waals surface area contributed by atoms with Gasteiger partial charge in [-0.1, -0.05) is 35.3 Å². The summed E-state index contributed by atoms with van der Waals surface area (Å²) in [5.74, 6) is 0.161. The van der Waals surface area contributed by atoms with Gasteiger partial charge in [0.25, 0.3) is 11.5 Å².